The fraction of sp³-hybridized carbons (Fsp3) is 0.900. The number of carbonyl (C=O) groups is 1. The van der Waals surface area contributed by atoms with E-state index in [1.165, 1.54) is 6.42 Å². The molecule has 0 radical (unpaired) electrons. The highest BCUT2D eigenvalue weighted by atomic mass is 16.5. The van der Waals surface area contributed by atoms with Crippen molar-refractivity contribution in [1.82, 2.24) is 0 Å². The van der Waals surface area contributed by atoms with Crippen LogP contribution in [-0.2, 0) is 9.53 Å². The van der Waals surface area contributed by atoms with Gasteiger partial charge < -0.3 is 4.74 Å². The van der Waals surface area contributed by atoms with Gasteiger partial charge in [0.1, 0.15) is 5.78 Å². The van der Waals surface area contributed by atoms with Crippen LogP contribution >= 0.6 is 0 Å². The minimum atomic E-state index is 0.0509. The lowest BCUT2D eigenvalue weighted by Crippen LogP contribution is -2.58. The van der Waals surface area contributed by atoms with Gasteiger partial charge in [-0.2, -0.15) is 0 Å². The number of hydrogen-bond donors (Lipinski definition) is 0. The van der Waals surface area contributed by atoms with Crippen molar-refractivity contribution in [2.45, 2.75) is 37.7 Å². The van der Waals surface area contributed by atoms with Gasteiger partial charge in [0.05, 0.1) is 5.60 Å². The predicted molar refractivity (Wildman–Crippen MR) is 43.8 cm³/mol. The van der Waals surface area contributed by atoms with Crippen molar-refractivity contribution in [2.24, 2.45) is 11.8 Å². The summed E-state index contributed by atoms with van der Waals surface area (Å²) in [6.07, 6.45) is 5.34. The number of ether oxygens (including phenoxy) is 1. The van der Waals surface area contributed by atoms with E-state index in [2.05, 4.69) is 0 Å². The molecule has 0 unspecified atom stereocenters. The molecule has 2 nitrogen and oxygen atoms in total. The zero-order chi connectivity index (χ0) is 8.18. The van der Waals surface area contributed by atoms with Gasteiger partial charge >= 0.3 is 0 Å². The minimum absolute atomic E-state index is 0.0509. The molecule has 3 atom stereocenters. The Morgan fingerprint density at radius 3 is 3.25 bits per heavy atom. The highest BCUT2D eigenvalue weighted by molar-refractivity contribution is 5.84. The normalized spacial score (nSPS) is 51.2. The van der Waals surface area contributed by atoms with Gasteiger partial charge in [0.15, 0.2) is 0 Å². The van der Waals surface area contributed by atoms with Crippen LogP contribution in [0.2, 0.25) is 0 Å². The molecule has 0 aromatic heterocycles. The molecule has 66 valence electrons. The second-order valence-corrected chi connectivity index (χ2v) is 4.40. The fourth-order valence-corrected chi connectivity index (χ4v) is 3.35. The monoisotopic (exact) mass is 166 g/mol. The van der Waals surface area contributed by atoms with Gasteiger partial charge in [0.25, 0.3) is 0 Å². The summed E-state index contributed by atoms with van der Waals surface area (Å²) in [6, 6.07) is 0. The fourth-order valence-electron chi connectivity index (χ4n) is 3.35. The maximum Gasteiger partial charge on any atom is 0.138 e. The first-order valence-corrected chi connectivity index (χ1v) is 4.99. The molecule has 1 saturated heterocycles. The molecule has 3 rings (SSSR count). The summed E-state index contributed by atoms with van der Waals surface area (Å²) in [7, 11) is 0. The van der Waals surface area contributed by atoms with Crippen LogP contribution in [0.25, 0.3) is 0 Å². The van der Waals surface area contributed by atoms with Crippen LogP contribution in [-0.4, -0.2) is 18.0 Å². The van der Waals surface area contributed by atoms with E-state index in [4.69, 9.17) is 4.74 Å². The Labute approximate surface area is 72.3 Å². The van der Waals surface area contributed by atoms with Crippen molar-refractivity contribution in [3.8, 4) is 0 Å². The lowest BCUT2D eigenvalue weighted by molar-refractivity contribution is -0.172. The lowest BCUT2D eigenvalue weighted by atomic mass is 9.55. The molecule has 1 heterocycles. The topological polar surface area (TPSA) is 26.3 Å². The molecule has 0 aromatic carbocycles. The second kappa shape index (κ2) is 2.11. The molecule has 0 aromatic rings. The van der Waals surface area contributed by atoms with Crippen LogP contribution in [0, 0.1) is 11.8 Å². The third kappa shape index (κ3) is 0.634. The van der Waals surface area contributed by atoms with E-state index in [1.54, 1.807) is 0 Å². The summed E-state index contributed by atoms with van der Waals surface area (Å²) < 4.78 is 5.79. The standard InChI is InChI=1S/C10H14O2/c11-9-2-1-4-10-7(3-5-12-10)6-8(9)10/h7-8H,1-6H2/t7-,8+,10+/m1/s1. The van der Waals surface area contributed by atoms with Crippen molar-refractivity contribution < 1.29 is 9.53 Å². The highest BCUT2D eigenvalue weighted by Gasteiger charge is 2.62. The summed E-state index contributed by atoms with van der Waals surface area (Å²) in [6.45, 7) is 0.897. The van der Waals surface area contributed by atoms with Crippen LogP contribution in [0.5, 0.6) is 0 Å². The van der Waals surface area contributed by atoms with Gasteiger partial charge in [0.2, 0.25) is 0 Å². The molecule has 3 fully saturated rings. The SMILES string of the molecule is O=C1CCC[C@]23OCC[C@@H]2C[C@@H]13. The maximum atomic E-state index is 11.5. The molecule has 0 bridgehead atoms. The zero-order valence-electron chi connectivity index (χ0n) is 7.21. The maximum absolute atomic E-state index is 11.5. The summed E-state index contributed by atoms with van der Waals surface area (Å²) >= 11 is 0. The molecule has 2 heteroatoms. The smallest absolute Gasteiger partial charge is 0.138 e. The van der Waals surface area contributed by atoms with E-state index in [0.29, 0.717) is 11.7 Å². The second-order valence-electron chi connectivity index (χ2n) is 4.40. The number of Topliss-reactive ketones (excluding diaryl/α,β-unsaturated/α-hetero) is 1. The molecular formula is C10H14O2. The number of hydrogen-bond acceptors (Lipinski definition) is 2. The molecule has 2 saturated carbocycles. The van der Waals surface area contributed by atoms with Gasteiger partial charge in [-0.25, -0.2) is 0 Å². The number of rotatable bonds is 0. The van der Waals surface area contributed by atoms with E-state index in [0.717, 1.165) is 38.2 Å². The number of ketones is 1. The van der Waals surface area contributed by atoms with Crippen LogP contribution < -0.4 is 0 Å². The average Bonchev–Trinajstić information content (AvgIpc) is 2.33. The van der Waals surface area contributed by atoms with Crippen molar-refractivity contribution in [2.75, 3.05) is 6.61 Å². The van der Waals surface area contributed by atoms with Gasteiger partial charge in [0, 0.05) is 18.9 Å². The Balaban J connectivity index is 1.92. The summed E-state index contributed by atoms with van der Waals surface area (Å²) in [5.41, 5.74) is 0.0509. The molecule has 1 spiro atoms. The third-order valence-corrected chi connectivity index (χ3v) is 4.02. The third-order valence-electron chi connectivity index (χ3n) is 4.02. The molecule has 0 N–H and O–H groups in total. The van der Waals surface area contributed by atoms with Crippen LogP contribution in [0.4, 0.5) is 0 Å². The Morgan fingerprint density at radius 2 is 2.42 bits per heavy atom. The first-order valence-electron chi connectivity index (χ1n) is 4.99. The van der Waals surface area contributed by atoms with Crippen molar-refractivity contribution in [1.29, 1.82) is 0 Å². The summed E-state index contributed by atoms with van der Waals surface area (Å²) in [5.74, 6) is 1.49. The van der Waals surface area contributed by atoms with Crippen LogP contribution in [0.1, 0.15) is 32.1 Å². The van der Waals surface area contributed by atoms with Gasteiger partial charge in [-0.15, -0.1) is 0 Å². The first kappa shape index (κ1) is 7.07. The van der Waals surface area contributed by atoms with Crippen molar-refractivity contribution >= 4 is 5.78 Å². The first-order chi connectivity index (χ1) is 5.83. The van der Waals surface area contributed by atoms with E-state index in [9.17, 15) is 4.79 Å². The molecular weight excluding hydrogens is 152 g/mol. The average molecular weight is 166 g/mol. The molecule has 0 amide bonds. The Bertz CT molecular complexity index is 236. The van der Waals surface area contributed by atoms with Crippen molar-refractivity contribution in [3.05, 3.63) is 0 Å². The molecule has 1 aliphatic heterocycles. The summed E-state index contributed by atoms with van der Waals surface area (Å²) in [4.78, 5) is 11.5. The largest absolute Gasteiger partial charge is 0.374 e. The molecule has 3 aliphatic rings. The Morgan fingerprint density at radius 1 is 1.50 bits per heavy atom. The zero-order valence-corrected chi connectivity index (χ0v) is 7.21. The van der Waals surface area contributed by atoms with Crippen molar-refractivity contribution in [3.63, 3.8) is 0 Å². The summed E-state index contributed by atoms with van der Waals surface area (Å²) in [5, 5.41) is 0. The Hall–Kier alpha value is -0.370. The molecule has 12 heavy (non-hydrogen) atoms. The highest BCUT2D eigenvalue weighted by Crippen LogP contribution is 2.57. The predicted octanol–water partition coefficient (Wildman–Crippen LogP) is 1.53. The van der Waals surface area contributed by atoms with E-state index in [-0.39, 0.29) is 5.60 Å². The van der Waals surface area contributed by atoms with Crippen LogP contribution in [0.3, 0.4) is 0 Å². The van der Waals surface area contributed by atoms with Gasteiger partial charge in [-0.1, -0.05) is 0 Å². The van der Waals surface area contributed by atoms with E-state index >= 15 is 0 Å². The van der Waals surface area contributed by atoms with Crippen LogP contribution in [0.15, 0.2) is 0 Å². The Kier molecular flexibility index (Phi) is 1.24. The van der Waals surface area contributed by atoms with Gasteiger partial charge in [-0.05, 0) is 31.6 Å². The lowest BCUT2D eigenvalue weighted by Gasteiger charge is -2.53. The van der Waals surface area contributed by atoms with E-state index in [1.807, 2.05) is 0 Å². The van der Waals surface area contributed by atoms with E-state index < -0.39 is 0 Å². The quantitative estimate of drug-likeness (QED) is 0.545. The van der Waals surface area contributed by atoms with Gasteiger partial charge in [-0.3, -0.25) is 4.79 Å². The molecule has 2 aliphatic carbocycles. The number of carbonyl (C=O) groups excluding carboxylic acids is 1. The minimum Gasteiger partial charge on any atom is -0.374 e.